The average Bonchev–Trinajstić information content (AvgIpc) is 3.07. The Morgan fingerprint density at radius 1 is 0.893 bits per heavy atom. The Kier molecular flexibility index (Phi) is 5.72. The quantitative estimate of drug-likeness (QED) is 0.369. The van der Waals surface area contributed by atoms with Crippen molar-refractivity contribution >= 4 is 34.1 Å². The number of para-hydroxylation sites is 1. The Morgan fingerprint density at radius 3 is 2.43 bits per heavy atom. The summed E-state index contributed by atoms with van der Waals surface area (Å²) >= 11 is 12.4. The van der Waals surface area contributed by atoms with Crippen LogP contribution in [0.1, 0.15) is 29.7 Å². The highest BCUT2D eigenvalue weighted by atomic mass is 35.5. The second-order valence-electron chi connectivity index (χ2n) is 7.05. The van der Waals surface area contributed by atoms with Crippen LogP contribution in [0, 0.1) is 0 Å². The standard InChI is InChI=1S/C24H22Cl2N2/c1-17(18-7-3-2-4-8-18)27-14-20-16-28(24-10-6-5-9-22(20)24)15-19-11-12-21(25)13-23(19)26/h2-13,16-17,27H,14-15H2,1H3. The van der Waals surface area contributed by atoms with Gasteiger partial charge >= 0.3 is 0 Å². The van der Waals surface area contributed by atoms with Crippen molar-refractivity contribution in [1.29, 1.82) is 0 Å². The number of aromatic nitrogens is 1. The van der Waals surface area contributed by atoms with Gasteiger partial charge in [-0.2, -0.15) is 0 Å². The minimum absolute atomic E-state index is 0.286. The number of benzene rings is 3. The largest absolute Gasteiger partial charge is 0.343 e. The minimum Gasteiger partial charge on any atom is -0.343 e. The molecule has 4 heteroatoms. The van der Waals surface area contributed by atoms with Gasteiger partial charge in [-0.1, -0.05) is 77.8 Å². The minimum atomic E-state index is 0.286. The van der Waals surface area contributed by atoms with Crippen molar-refractivity contribution in [2.75, 3.05) is 0 Å². The highest BCUT2D eigenvalue weighted by Crippen LogP contribution is 2.26. The number of hydrogen-bond acceptors (Lipinski definition) is 1. The van der Waals surface area contributed by atoms with Crippen LogP contribution < -0.4 is 5.32 Å². The predicted molar refractivity (Wildman–Crippen MR) is 119 cm³/mol. The van der Waals surface area contributed by atoms with Crippen molar-refractivity contribution in [2.24, 2.45) is 0 Å². The van der Waals surface area contributed by atoms with E-state index in [4.69, 9.17) is 23.2 Å². The highest BCUT2D eigenvalue weighted by molar-refractivity contribution is 6.35. The van der Waals surface area contributed by atoms with Crippen LogP contribution in [0.3, 0.4) is 0 Å². The van der Waals surface area contributed by atoms with Gasteiger partial charge in [0.05, 0.1) is 0 Å². The molecule has 28 heavy (non-hydrogen) atoms. The van der Waals surface area contributed by atoms with E-state index in [9.17, 15) is 0 Å². The Labute approximate surface area is 175 Å². The lowest BCUT2D eigenvalue weighted by atomic mass is 10.1. The van der Waals surface area contributed by atoms with Crippen molar-refractivity contribution in [3.8, 4) is 0 Å². The molecule has 4 aromatic rings. The molecule has 1 N–H and O–H groups in total. The summed E-state index contributed by atoms with van der Waals surface area (Å²) in [5, 5.41) is 6.27. The maximum absolute atomic E-state index is 6.40. The zero-order chi connectivity index (χ0) is 19.5. The first-order chi connectivity index (χ1) is 13.6. The van der Waals surface area contributed by atoms with Crippen LogP contribution in [0.2, 0.25) is 10.0 Å². The van der Waals surface area contributed by atoms with E-state index in [-0.39, 0.29) is 6.04 Å². The monoisotopic (exact) mass is 408 g/mol. The van der Waals surface area contributed by atoms with Gasteiger partial charge < -0.3 is 9.88 Å². The first-order valence-electron chi connectivity index (χ1n) is 9.41. The maximum atomic E-state index is 6.40. The van der Waals surface area contributed by atoms with Crippen molar-refractivity contribution in [3.63, 3.8) is 0 Å². The molecule has 1 aromatic heterocycles. The summed E-state index contributed by atoms with van der Waals surface area (Å²) in [5.74, 6) is 0. The van der Waals surface area contributed by atoms with E-state index in [0.29, 0.717) is 16.6 Å². The zero-order valence-electron chi connectivity index (χ0n) is 15.7. The molecule has 0 amide bonds. The zero-order valence-corrected chi connectivity index (χ0v) is 17.2. The molecule has 1 unspecified atom stereocenters. The van der Waals surface area contributed by atoms with Crippen LogP contribution >= 0.6 is 23.2 Å². The molecule has 0 bridgehead atoms. The fraction of sp³-hybridized carbons (Fsp3) is 0.167. The van der Waals surface area contributed by atoms with Crippen LogP contribution in [0.5, 0.6) is 0 Å². The van der Waals surface area contributed by atoms with E-state index < -0.39 is 0 Å². The van der Waals surface area contributed by atoms with Gasteiger partial charge in [0.2, 0.25) is 0 Å². The summed E-state index contributed by atoms with van der Waals surface area (Å²) in [5.41, 5.74) is 4.84. The molecule has 0 aliphatic rings. The smallest absolute Gasteiger partial charge is 0.0491 e. The summed E-state index contributed by atoms with van der Waals surface area (Å²) in [6.07, 6.45) is 2.22. The molecule has 0 saturated heterocycles. The van der Waals surface area contributed by atoms with E-state index in [1.54, 1.807) is 6.07 Å². The summed E-state index contributed by atoms with van der Waals surface area (Å²) in [6, 6.07) is 25.0. The molecule has 142 valence electrons. The van der Waals surface area contributed by atoms with E-state index in [1.165, 1.54) is 22.0 Å². The van der Waals surface area contributed by atoms with Crippen LogP contribution in [-0.4, -0.2) is 4.57 Å². The van der Waals surface area contributed by atoms with Crippen LogP contribution in [0.25, 0.3) is 10.9 Å². The molecule has 2 nitrogen and oxygen atoms in total. The third kappa shape index (κ3) is 4.10. The third-order valence-electron chi connectivity index (χ3n) is 5.13. The second-order valence-corrected chi connectivity index (χ2v) is 7.89. The van der Waals surface area contributed by atoms with E-state index in [1.807, 2.05) is 18.2 Å². The summed E-state index contributed by atoms with van der Waals surface area (Å²) in [4.78, 5) is 0. The number of fused-ring (bicyclic) bond motifs is 1. The van der Waals surface area contributed by atoms with Crippen LogP contribution in [-0.2, 0) is 13.1 Å². The Morgan fingerprint density at radius 2 is 1.64 bits per heavy atom. The van der Waals surface area contributed by atoms with Crippen LogP contribution in [0.15, 0.2) is 79.0 Å². The molecule has 0 aliphatic carbocycles. The summed E-state index contributed by atoms with van der Waals surface area (Å²) < 4.78 is 2.26. The molecule has 4 rings (SSSR count). The van der Waals surface area contributed by atoms with Gasteiger partial charge in [-0.3, -0.25) is 0 Å². The first-order valence-corrected chi connectivity index (χ1v) is 10.2. The van der Waals surface area contributed by atoms with Gasteiger partial charge in [0.1, 0.15) is 0 Å². The fourth-order valence-electron chi connectivity index (χ4n) is 3.55. The lowest BCUT2D eigenvalue weighted by molar-refractivity contribution is 0.575. The van der Waals surface area contributed by atoms with E-state index >= 15 is 0 Å². The SMILES string of the molecule is CC(NCc1cn(Cc2ccc(Cl)cc2Cl)c2ccccc12)c1ccccc1. The number of nitrogens with one attached hydrogen (secondary N) is 1. The number of nitrogens with zero attached hydrogens (tertiary/aromatic N) is 1. The van der Waals surface area contributed by atoms with E-state index in [2.05, 4.69) is 71.5 Å². The van der Waals surface area contributed by atoms with Gasteiger partial charge in [-0.25, -0.2) is 0 Å². The Hall–Kier alpha value is -2.26. The average molecular weight is 409 g/mol. The molecular weight excluding hydrogens is 387 g/mol. The van der Waals surface area contributed by atoms with Gasteiger partial charge in [0.15, 0.2) is 0 Å². The van der Waals surface area contributed by atoms with Gasteiger partial charge in [0.25, 0.3) is 0 Å². The number of rotatable bonds is 6. The molecule has 0 fully saturated rings. The third-order valence-corrected chi connectivity index (χ3v) is 5.71. The Balaban J connectivity index is 1.59. The van der Waals surface area contributed by atoms with Crippen molar-refractivity contribution < 1.29 is 0 Å². The molecule has 0 saturated carbocycles. The maximum Gasteiger partial charge on any atom is 0.0491 e. The lowest BCUT2D eigenvalue weighted by Crippen LogP contribution is -2.17. The van der Waals surface area contributed by atoms with E-state index in [0.717, 1.165) is 12.1 Å². The van der Waals surface area contributed by atoms with Crippen molar-refractivity contribution in [3.05, 3.63) is 106 Å². The highest BCUT2D eigenvalue weighted by Gasteiger charge is 2.11. The number of hydrogen-bond donors (Lipinski definition) is 1. The Bertz CT molecular complexity index is 1090. The summed E-state index contributed by atoms with van der Waals surface area (Å²) in [6.45, 7) is 3.71. The van der Waals surface area contributed by atoms with Crippen molar-refractivity contribution in [2.45, 2.75) is 26.1 Å². The molecule has 3 aromatic carbocycles. The topological polar surface area (TPSA) is 17.0 Å². The predicted octanol–water partition coefficient (Wildman–Crippen LogP) is 6.85. The first kappa shape index (κ1) is 19.1. The normalized spacial score (nSPS) is 12.4. The summed E-state index contributed by atoms with van der Waals surface area (Å²) in [7, 11) is 0. The van der Waals surface area contributed by atoms with Gasteiger partial charge in [-0.15, -0.1) is 0 Å². The molecule has 0 radical (unpaired) electrons. The number of halogens is 2. The fourth-order valence-corrected chi connectivity index (χ4v) is 4.02. The molecular formula is C24H22Cl2N2. The molecule has 0 aliphatic heterocycles. The molecule has 0 spiro atoms. The van der Waals surface area contributed by atoms with Gasteiger partial charge in [0, 0.05) is 46.3 Å². The van der Waals surface area contributed by atoms with Gasteiger partial charge in [-0.05, 0) is 41.8 Å². The molecule has 1 atom stereocenters. The van der Waals surface area contributed by atoms with Crippen molar-refractivity contribution in [1.82, 2.24) is 9.88 Å². The second kappa shape index (κ2) is 8.40. The molecule has 1 heterocycles. The van der Waals surface area contributed by atoms with Crippen LogP contribution in [0.4, 0.5) is 0 Å². The lowest BCUT2D eigenvalue weighted by Gasteiger charge is -2.13.